The highest BCUT2D eigenvalue weighted by Crippen LogP contribution is 2.28. The van der Waals surface area contributed by atoms with Gasteiger partial charge in [0.25, 0.3) is 0 Å². The third kappa shape index (κ3) is 3.08. The summed E-state index contributed by atoms with van der Waals surface area (Å²) in [4.78, 5) is 0.323. The Hall–Kier alpha value is -1.10. The number of hydrogen-bond acceptors (Lipinski definition) is 2. The average Bonchev–Trinajstić information content (AvgIpc) is 2.35. The normalized spacial score (nSPS) is 12.4. The van der Waals surface area contributed by atoms with E-state index in [1.807, 2.05) is 0 Å². The summed E-state index contributed by atoms with van der Waals surface area (Å²) in [5, 5.41) is 0.308. The van der Waals surface area contributed by atoms with E-state index in [0.717, 1.165) is 0 Å². The van der Waals surface area contributed by atoms with Gasteiger partial charge < -0.3 is 5.73 Å². The molecule has 0 spiro atoms. The molecule has 0 bridgehead atoms. The minimum Gasteiger partial charge on any atom is -0.398 e. The van der Waals surface area contributed by atoms with Crippen LogP contribution in [0.2, 0.25) is 10.0 Å². The van der Waals surface area contributed by atoms with Gasteiger partial charge >= 0.3 is 0 Å². The Morgan fingerprint density at radius 2 is 1.74 bits per heavy atom. The molecule has 1 atom stereocenters. The van der Waals surface area contributed by atoms with Crippen molar-refractivity contribution in [2.24, 2.45) is 0 Å². The lowest BCUT2D eigenvalue weighted by Crippen LogP contribution is -2.03. The maximum atomic E-state index is 13.7. The van der Waals surface area contributed by atoms with Crippen molar-refractivity contribution in [3.63, 3.8) is 0 Å². The number of halogens is 3. The smallest absolute Gasteiger partial charge is 0.145 e. The zero-order valence-electron chi connectivity index (χ0n) is 9.70. The van der Waals surface area contributed by atoms with Crippen LogP contribution in [0.4, 0.5) is 10.1 Å². The highest BCUT2D eigenvalue weighted by atomic mass is 35.5. The number of nitrogens with two attached hydrogens (primary N) is 1. The standard InChI is InChI=1S/C13H10Cl2FNOS/c14-9-4-1-3-8(12(9)16)7-19(18)13-10(15)5-2-6-11(13)17/h1-6H,7,17H2. The molecule has 0 radical (unpaired) electrons. The highest BCUT2D eigenvalue weighted by molar-refractivity contribution is 7.84. The molecule has 0 aliphatic heterocycles. The highest BCUT2D eigenvalue weighted by Gasteiger charge is 2.15. The number of rotatable bonds is 3. The molecule has 2 rings (SSSR count). The van der Waals surface area contributed by atoms with Crippen molar-refractivity contribution in [3.05, 3.63) is 57.8 Å². The Kier molecular flexibility index (Phi) is 4.45. The van der Waals surface area contributed by atoms with Gasteiger partial charge in [-0.05, 0) is 18.2 Å². The van der Waals surface area contributed by atoms with Crippen molar-refractivity contribution in [1.82, 2.24) is 0 Å². The van der Waals surface area contributed by atoms with E-state index in [-0.39, 0.29) is 16.3 Å². The minimum atomic E-state index is -1.53. The van der Waals surface area contributed by atoms with Gasteiger partial charge in [-0.1, -0.05) is 41.4 Å². The van der Waals surface area contributed by atoms with E-state index in [2.05, 4.69) is 0 Å². The molecular formula is C13H10Cl2FNOS. The lowest BCUT2D eigenvalue weighted by molar-refractivity contribution is 0.615. The lowest BCUT2D eigenvalue weighted by Gasteiger charge is -2.09. The fourth-order valence-corrected chi connectivity index (χ4v) is 3.54. The summed E-state index contributed by atoms with van der Waals surface area (Å²) in [6.07, 6.45) is 0. The molecule has 6 heteroatoms. The van der Waals surface area contributed by atoms with Gasteiger partial charge in [0.05, 0.1) is 31.5 Å². The van der Waals surface area contributed by atoms with Crippen molar-refractivity contribution in [3.8, 4) is 0 Å². The first kappa shape index (κ1) is 14.3. The van der Waals surface area contributed by atoms with Gasteiger partial charge in [0.1, 0.15) is 5.82 Å². The predicted octanol–water partition coefficient (Wildman–Crippen LogP) is 4.02. The fraction of sp³-hybridized carbons (Fsp3) is 0.0769. The molecule has 1 unspecified atom stereocenters. The minimum absolute atomic E-state index is 0.00151. The molecule has 19 heavy (non-hydrogen) atoms. The molecule has 0 aliphatic rings. The van der Waals surface area contributed by atoms with Gasteiger partial charge in [0.2, 0.25) is 0 Å². The molecule has 0 aliphatic carbocycles. The summed E-state index contributed by atoms with van der Waals surface area (Å²) < 4.78 is 26.0. The second-order valence-electron chi connectivity index (χ2n) is 3.86. The van der Waals surface area contributed by atoms with E-state index in [1.54, 1.807) is 24.3 Å². The molecule has 0 saturated carbocycles. The maximum absolute atomic E-state index is 13.7. The van der Waals surface area contributed by atoms with Crippen LogP contribution in [-0.2, 0) is 16.6 Å². The third-order valence-corrected chi connectivity index (χ3v) is 4.75. The molecule has 2 N–H and O–H groups in total. The van der Waals surface area contributed by atoms with Crippen LogP contribution in [0.3, 0.4) is 0 Å². The molecule has 2 nitrogen and oxygen atoms in total. The first-order valence-electron chi connectivity index (χ1n) is 5.36. The van der Waals surface area contributed by atoms with E-state index in [4.69, 9.17) is 28.9 Å². The summed E-state index contributed by atoms with van der Waals surface area (Å²) in [5.41, 5.74) is 6.34. The third-order valence-electron chi connectivity index (χ3n) is 2.54. The van der Waals surface area contributed by atoms with Crippen molar-refractivity contribution < 1.29 is 8.60 Å². The Morgan fingerprint density at radius 3 is 2.42 bits per heavy atom. The first-order chi connectivity index (χ1) is 9.00. The van der Waals surface area contributed by atoms with Crippen molar-refractivity contribution in [2.45, 2.75) is 10.6 Å². The van der Waals surface area contributed by atoms with Gasteiger partial charge in [-0.3, -0.25) is 4.21 Å². The molecule has 100 valence electrons. The topological polar surface area (TPSA) is 43.1 Å². The quantitative estimate of drug-likeness (QED) is 0.869. The lowest BCUT2D eigenvalue weighted by atomic mass is 10.2. The number of anilines is 1. The zero-order chi connectivity index (χ0) is 14.0. The van der Waals surface area contributed by atoms with Crippen LogP contribution < -0.4 is 5.73 Å². The molecule has 0 amide bonds. The average molecular weight is 318 g/mol. The Balaban J connectivity index is 2.34. The molecule has 0 heterocycles. The van der Waals surface area contributed by atoms with Crippen LogP contribution in [0, 0.1) is 5.82 Å². The monoisotopic (exact) mass is 317 g/mol. The summed E-state index contributed by atoms with van der Waals surface area (Å²) in [6.45, 7) is 0. The second-order valence-corrected chi connectivity index (χ2v) is 6.06. The predicted molar refractivity (Wildman–Crippen MR) is 77.4 cm³/mol. The zero-order valence-corrected chi connectivity index (χ0v) is 12.0. The Morgan fingerprint density at radius 1 is 1.11 bits per heavy atom. The maximum Gasteiger partial charge on any atom is 0.145 e. The number of benzene rings is 2. The van der Waals surface area contributed by atoms with Gasteiger partial charge in [-0.2, -0.15) is 0 Å². The Bertz CT molecular complexity index is 628. The largest absolute Gasteiger partial charge is 0.398 e. The van der Waals surface area contributed by atoms with Crippen LogP contribution in [0.5, 0.6) is 0 Å². The first-order valence-corrected chi connectivity index (χ1v) is 7.43. The van der Waals surface area contributed by atoms with E-state index in [1.165, 1.54) is 12.1 Å². The fourth-order valence-electron chi connectivity index (χ4n) is 1.64. The van der Waals surface area contributed by atoms with Gasteiger partial charge in [-0.25, -0.2) is 4.39 Å². The van der Waals surface area contributed by atoms with Crippen LogP contribution in [0.15, 0.2) is 41.3 Å². The molecule has 0 saturated heterocycles. The molecular weight excluding hydrogens is 308 g/mol. The van der Waals surface area contributed by atoms with Crippen molar-refractivity contribution >= 4 is 39.7 Å². The van der Waals surface area contributed by atoms with Gasteiger partial charge in [0, 0.05) is 11.3 Å². The molecule has 0 aromatic heterocycles. The van der Waals surface area contributed by atoms with E-state index >= 15 is 0 Å². The van der Waals surface area contributed by atoms with Gasteiger partial charge in [0.15, 0.2) is 0 Å². The summed E-state index contributed by atoms with van der Waals surface area (Å²) in [6, 6.07) is 9.44. The molecule has 2 aromatic carbocycles. The van der Waals surface area contributed by atoms with E-state index in [9.17, 15) is 8.60 Å². The van der Waals surface area contributed by atoms with Crippen molar-refractivity contribution in [2.75, 3.05) is 5.73 Å². The SMILES string of the molecule is Nc1cccc(Cl)c1S(=O)Cc1cccc(Cl)c1F. The van der Waals surface area contributed by atoms with E-state index in [0.29, 0.717) is 15.6 Å². The van der Waals surface area contributed by atoms with Crippen LogP contribution >= 0.6 is 23.2 Å². The second kappa shape index (κ2) is 5.90. The van der Waals surface area contributed by atoms with Crippen LogP contribution in [0.25, 0.3) is 0 Å². The van der Waals surface area contributed by atoms with Crippen LogP contribution in [-0.4, -0.2) is 4.21 Å². The molecule has 2 aromatic rings. The number of hydrogen-bond donors (Lipinski definition) is 1. The summed E-state index contributed by atoms with van der Waals surface area (Å²) in [7, 11) is -1.53. The number of nitrogen functional groups attached to an aromatic ring is 1. The van der Waals surface area contributed by atoms with Gasteiger partial charge in [-0.15, -0.1) is 0 Å². The van der Waals surface area contributed by atoms with Crippen LogP contribution in [0.1, 0.15) is 5.56 Å². The van der Waals surface area contributed by atoms with E-state index < -0.39 is 16.6 Å². The summed E-state index contributed by atoms with van der Waals surface area (Å²) in [5.74, 6) is -0.594. The molecule has 0 fully saturated rings. The van der Waals surface area contributed by atoms with Crippen molar-refractivity contribution in [1.29, 1.82) is 0 Å². The Labute approximate surface area is 122 Å². The summed E-state index contributed by atoms with van der Waals surface area (Å²) >= 11 is 11.6.